The lowest BCUT2D eigenvalue weighted by molar-refractivity contribution is 0.334. The largest absolute Gasteiger partial charge is 0.361 e. The van der Waals surface area contributed by atoms with Gasteiger partial charge in [0.2, 0.25) is 0 Å². The zero-order chi connectivity index (χ0) is 18.1. The highest BCUT2D eigenvalue weighted by molar-refractivity contribution is 5.43. The fourth-order valence-electron chi connectivity index (χ4n) is 3.55. The molecule has 0 saturated carbocycles. The molecule has 1 aliphatic rings. The van der Waals surface area contributed by atoms with Crippen LogP contribution in [0.4, 0.5) is 5.69 Å². The SMILES string of the molecule is Cc1cccc(CN2CCN(c3cnn(Cc4c(C)noc4C)c3)C2)c1. The molecule has 136 valence electrons. The fraction of sp³-hybridized carbons (Fsp3) is 0.400. The van der Waals surface area contributed by atoms with Gasteiger partial charge in [-0.05, 0) is 26.3 Å². The molecule has 0 aliphatic carbocycles. The molecule has 6 nitrogen and oxygen atoms in total. The van der Waals surface area contributed by atoms with Gasteiger partial charge in [0.15, 0.2) is 0 Å². The molecular weight excluding hydrogens is 326 g/mol. The average molecular weight is 351 g/mol. The number of aryl methyl sites for hydroxylation is 3. The highest BCUT2D eigenvalue weighted by atomic mass is 16.5. The lowest BCUT2D eigenvalue weighted by Gasteiger charge is -2.18. The number of anilines is 1. The van der Waals surface area contributed by atoms with Crippen LogP contribution >= 0.6 is 0 Å². The summed E-state index contributed by atoms with van der Waals surface area (Å²) < 4.78 is 7.21. The van der Waals surface area contributed by atoms with Crippen LogP contribution in [0.1, 0.15) is 28.1 Å². The molecule has 26 heavy (non-hydrogen) atoms. The van der Waals surface area contributed by atoms with Crippen LogP contribution in [0.25, 0.3) is 0 Å². The lowest BCUT2D eigenvalue weighted by Crippen LogP contribution is -2.24. The standard InChI is InChI=1S/C20H25N5O/c1-15-5-4-6-18(9-15)11-23-7-8-24(14-23)19-10-21-25(12-19)13-20-16(2)22-26-17(20)3/h4-6,9-10,12H,7-8,11,13-14H2,1-3H3. The van der Waals surface area contributed by atoms with E-state index in [1.165, 1.54) is 16.8 Å². The highest BCUT2D eigenvalue weighted by Crippen LogP contribution is 2.21. The monoisotopic (exact) mass is 351 g/mol. The summed E-state index contributed by atoms with van der Waals surface area (Å²) in [5.74, 6) is 0.866. The van der Waals surface area contributed by atoms with Crippen molar-refractivity contribution in [1.82, 2.24) is 19.8 Å². The quantitative estimate of drug-likeness (QED) is 0.707. The molecule has 6 heteroatoms. The van der Waals surface area contributed by atoms with E-state index in [-0.39, 0.29) is 0 Å². The summed E-state index contributed by atoms with van der Waals surface area (Å²) in [7, 11) is 0. The van der Waals surface area contributed by atoms with Crippen LogP contribution in [0.2, 0.25) is 0 Å². The number of hydrogen-bond donors (Lipinski definition) is 0. The minimum Gasteiger partial charge on any atom is -0.361 e. The van der Waals surface area contributed by atoms with Crippen molar-refractivity contribution in [1.29, 1.82) is 0 Å². The molecular formula is C20H25N5O. The molecule has 0 N–H and O–H groups in total. The summed E-state index contributed by atoms with van der Waals surface area (Å²) in [5.41, 5.74) is 5.91. The van der Waals surface area contributed by atoms with Crippen LogP contribution in [0.5, 0.6) is 0 Å². The summed E-state index contributed by atoms with van der Waals surface area (Å²) >= 11 is 0. The maximum absolute atomic E-state index is 5.24. The van der Waals surface area contributed by atoms with E-state index in [1.807, 2.05) is 24.7 Å². The van der Waals surface area contributed by atoms with Gasteiger partial charge in [-0.15, -0.1) is 0 Å². The summed E-state index contributed by atoms with van der Waals surface area (Å²) in [6, 6.07) is 8.76. The van der Waals surface area contributed by atoms with E-state index < -0.39 is 0 Å². The minimum atomic E-state index is 0.696. The van der Waals surface area contributed by atoms with Crippen LogP contribution in [-0.4, -0.2) is 39.6 Å². The number of aromatic nitrogens is 3. The maximum Gasteiger partial charge on any atom is 0.138 e. The lowest BCUT2D eigenvalue weighted by atomic mass is 10.1. The van der Waals surface area contributed by atoms with Crippen LogP contribution in [0.15, 0.2) is 41.2 Å². The molecule has 3 aromatic rings. The van der Waals surface area contributed by atoms with Gasteiger partial charge >= 0.3 is 0 Å². The Morgan fingerprint density at radius 1 is 1.12 bits per heavy atom. The molecule has 0 amide bonds. The van der Waals surface area contributed by atoms with E-state index >= 15 is 0 Å². The van der Waals surface area contributed by atoms with Crippen molar-refractivity contribution in [2.24, 2.45) is 0 Å². The second-order valence-electron chi connectivity index (χ2n) is 7.15. The van der Waals surface area contributed by atoms with E-state index in [9.17, 15) is 0 Å². The third-order valence-electron chi connectivity index (χ3n) is 5.03. The Bertz CT molecular complexity index is 878. The van der Waals surface area contributed by atoms with Gasteiger partial charge in [0.05, 0.1) is 30.8 Å². The summed E-state index contributed by atoms with van der Waals surface area (Å²) in [6.07, 6.45) is 4.07. The molecule has 0 radical (unpaired) electrons. The molecule has 0 atom stereocenters. The van der Waals surface area contributed by atoms with Crippen LogP contribution in [0.3, 0.4) is 0 Å². The van der Waals surface area contributed by atoms with Gasteiger partial charge in [-0.3, -0.25) is 9.58 Å². The van der Waals surface area contributed by atoms with Crippen molar-refractivity contribution in [3.05, 3.63) is 64.8 Å². The van der Waals surface area contributed by atoms with Crippen molar-refractivity contribution >= 4 is 5.69 Å². The Morgan fingerprint density at radius 2 is 2.00 bits per heavy atom. The number of nitrogens with zero attached hydrogens (tertiary/aromatic N) is 5. The van der Waals surface area contributed by atoms with Crippen LogP contribution in [0, 0.1) is 20.8 Å². The van der Waals surface area contributed by atoms with Crippen molar-refractivity contribution in [3.8, 4) is 0 Å². The third-order valence-corrected chi connectivity index (χ3v) is 5.03. The van der Waals surface area contributed by atoms with Gasteiger partial charge in [0.25, 0.3) is 0 Å². The smallest absolute Gasteiger partial charge is 0.138 e. The number of hydrogen-bond acceptors (Lipinski definition) is 5. The molecule has 2 aromatic heterocycles. The summed E-state index contributed by atoms with van der Waals surface area (Å²) in [6.45, 7) is 10.8. The van der Waals surface area contributed by atoms with Crippen molar-refractivity contribution < 1.29 is 4.52 Å². The summed E-state index contributed by atoms with van der Waals surface area (Å²) in [4.78, 5) is 4.85. The first-order valence-corrected chi connectivity index (χ1v) is 9.05. The van der Waals surface area contributed by atoms with Crippen molar-refractivity contribution in [2.45, 2.75) is 33.9 Å². The Kier molecular flexibility index (Phi) is 4.51. The molecule has 4 rings (SSSR count). The molecule has 1 fully saturated rings. The van der Waals surface area contributed by atoms with Crippen molar-refractivity contribution in [2.75, 3.05) is 24.7 Å². The van der Waals surface area contributed by atoms with E-state index in [4.69, 9.17) is 4.52 Å². The van der Waals surface area contributed by atoms with Gasteiger partial charge in [0, 0.05) is 31.4 Å². The highest BCUT2D eigenvalue weighted by Gasteiger charge is 2.21. The molecule has 0 unspecified atom stereocenters. The predicted molar refractivity (Wildman–Crippen MR) is 101 cm³/mol. The fourth-order valence-corrected chi connectivity index (χ4v) is 3.55. The average Bonchev–Trinajstić information content (AvgIpc) is 3.32. The number of rotatable bonds is 5. The Hall–Kier alpha value is -2.60. The Morgan fingerprint density at radius 3 is 2.77 bits per heavy atom. The molecule has 1 saturated heterocycles. The van der Waals surface area contributed by atoms with E-state index in [1.54, 1.807) is 0 Å². The van der Waals surface area contributed by atoms with Gasteiger partial charge < -0.3 is 9.42 Å². The first-order valence-electron chi connectivity index (χ1n) is 9.05. The second kappa shape index (κ2) is 6.96. The number of benzene rings is 1. The topological polar surface area (TPSA) is 50.3 Å². The molecule has 1 aliphatic heterocycles. The zero-order valence-electron chi connectivity index (χ0n) is 15.6. The van der Waals surface area contributed by atoms with Gasteiger partial charge in [-0.2, -0.15) is 5.10 Å². The first kappa shape index (κ1) is 16.8. The van der Waals surface area contributed by atoms with Gasteiger partial charge in [0.1, 0.15) is 5.76 Å². The van der Waals surface area contributed by atoms with Gasteiger partial charge in [-0.25, -0.2) is 0 Å². The van der Waals surface area contributed by atoms with Crippen LogP contribution in [-0.2, 0) is 13.1 Å². The van der Waals surface area contributed by atoms with E-state index in [0.29, 0.717) is 6.54 Å². The maximum atomic E-state index is 5.24. The van der Waals surface area contributed by atoms with Crippen LogP contribution < -0.4 is 4.90 Å². The molecule has 3 heterocycles. The normalized spacial score (nSPS) is 15.1. The van der Waals surface area contributed by atoms with Gasteiger partial charge in [-0.1, -0.05) is 35.0 Å². The molecule has 1 aromatic carbocycles. The Balaban J connectivity index is 1.39. The summed E-state index contributed by atoms with van der Waals surface area (Å²) in [5, 5.41) is 8.54. The first-order chi connectivity index (χ1) is 12.6. The van der Waals surface area contributed by atoms with E-state index in [0.717, 1.165) is 43.3 Å². The molecule has 0 spiro atoms. The van der Waals surface area contributed by atoms with Crippen molar-refractivity contribution in [3.63, 3.8) is 0 Å². The minimum absolute atomic E-state index is 0.696. The second-order valence-corrected chi connectivity index (χ2v) is 7.15. The zero-order valence-corrected chi connectivity index (χ0v) is 15.6. The predicted octanol–water partition coefficient (Wildman–Crippen LogP) is 3.12. The third kappa shape index (κ3) is 3.51. The Labute approximate surface area is 154 Å². The molecule has 0 bridgehead atoms. The van der Waals surface area contributed by atoms with E-state index in [2.05, 4.69) is 57.4 Å².